The Bertz CT molecular complexity index is 1250. The Hall–Kier alpha value is -4.64. The lowest BCUT2D eigenvalue weighted by Gasteiger charge is -2.14. The highest BCUT2D eigenvalue weighted by molar-refractivity contribution is 5.93. The van der Waals surface area contributed by atoms with Crippen LogP contribution in [0.3, 0.4) is 0 Å². The molecule has 0 saturated carbocycles. The van der Waals surface area contributed by atoms with Gasteiger partial charge in [0.15, 0.2) is 0 Å². The van der Waals surface area contributed by atoms with Gasteiger partial charge in [-0.3, -0.25) is 4.79 Å². The maximum Gasteiger partial charge on any atom is 0.407 e. The number of alkyl carbamates (subject to hydrolysis) is 1. The fourth-order valence-corrected chi connectivity index (χ4v) is 3.77. The number of aromatic nitrogens is 1. The van der Waals surface area contributed by atoms with E-state index in [1.807, 2.05) is 36.4 Å². The largest absolute Gasteiger partial charge is 0.477 e. The number of fused-ring (bicyclic) bond motifs is 3. The number of aromatic carboxylic acids is 1. The summed E-state index contributed by atoms with van der Waals surface area (Å²) in [6.07, 6.45) is 0.761. The maximum absolute atomic E-state index is 12.1. The molecule has 0 atom stereocenters. The summed E-state index contributed by atoms with van der Waals surface area (Å²) in [5, 5.41) is 13.9. The molecule has 0 aliphatic heterocycles. The normalized spacial score (nSPS) is 11.4. The van der Waals surface area contributed by atoms with Gasteiger partial charge in [-0.1, -0.05) is 60.5 Å². The fraction of sp³-hybridized carbons (Fsp3) is 0.154. The van der Waals surface area contributed by atoms with E-state index in [0.717, 1.165) is 22.3 Å². The van der Waals surface area contributed by atoms with Crippen LogP contribution in [0.5, 0.6) is 0 Å². The van der Waals surface area contributed by atoms with Crippen molar-refractivity contribution in [3.8, 4) is 23.0 Å². The lowest BCUT2D eigenvalue weighted by Crippen LogP contribution is -2.27. The minimum atomic E-state index is -1.12. The molecule has 0 saturated heterocycles. The van der Waals surface area contributed by atoms with E-state index in [0.29, 0.717) is 5.56 Å². The molecule has 1 heterocycles. The number of carbonyl (C=O) groups excluding carboxylic acids is 2. The Labute approximate surface area is 196 Å². The number of benzene rings is 2. The van der Waals surface area contributed by atoms with E-state index < -0.39 is 18.0 Å². The van der Waals surface area contributed by atoms with Crippen molar-refractivity contribution in [2.75, 3.05) is 13.2 Å². The zero-order valence-corrected chi connectivity index (χ0v) is 18.1. The summed E-state index contributed by atoms with van der Waals surface area (Å²) in [7, 11) is 0. The zero-order chi connectivity index (χ0) is 23.9. The van der Waals surface area contributed by atoms with Gasteiger partial charge in [-0.15, -0.1) is 0 Å². The smallest absolute Gasteiger partial charge is 0.407 e. The lowest BCUT2D eigenvalue weighted by atomic mass is 9.98. The van der Waals surface area contributed by atoms with Gasteiger partial charge in [0.2, 0.25) is 0 Å². The second-order valence-corrected chi connectivity index (χ2v) is 7.52. The van der Waals surface area contributed by atoms with Gasteiger partial charge in [0.25, 0.3) is 5.91 Å². The lowest BCUT2D eigenvalue weighted by molar-refractivity contribution is -0.115. The van der Waals surface area contributed by atoms with Gasteiger partial charge in [-0.25, -0.2) is 14.6 Å². The first-order valence-electron chi connectivity index (χ1n) is 10.6. The van der Waals surface area contributed by atoms with Gasteiger partial charge in [0.1, 0.15) is 12.3 Å². The van der Waals surface area contributed by atoms with Gasteiger partial charge in [0.05, 0.1) is 6.54 Å². The molecule has 8 heteroatoms. The van der Waals surface area contributed by atoms with Crippen LogP contribution in [0.2, 0.25) is 0 Å². The Morgan fingerprint density at radius 1 is 0.941 bits per heavy atom. The minimum Gasteiger partial charge on any atom is -0.477 e. The van der Waals surface area contributed by atoms with E-state index in [-0.39, 0.29) is 31.3 Å². The van der Waals surface area contributed by atoms with E-state index in [1.165, 1.54) is 12.3 Å². The van der Waals surface area contributed by atoms with Crippen molar-refractivity contribution in [2.45, 2.75) is 12.5 Å². The standard InChI is InChI=1S/C26H21N3O5/c30-24(29-15-17-11-12-23(25(31)32)28-14-17)10-5-13-27-26(33)34-16-22-20-8-3-1-6-18(20)19-7-2-4-9-21(19)22/h1-4,6-9,11-12,14,22H,13,15-16H2,(H,27,33)(H,29,30)(H,31,32). The molecule has 4 rings (SSSR count). The number of hydrogen-bond acceptors (Lipinski definition) is 5. The Morgan fingerprint density at radius 3 is 2.24 bits per heavy atom. The van der Waals surface area contributed by atoms with Crippen molar-refractivity contribution in [3.63, 3.8) is 0 Å². The van der Waals surface area contributed by atoms with E-state index in [9.17, 15) is 14.4 Å². The second kappa shape index (κ2) is 10.3. The molecule has 0 unspecified atom stereocenters. The van der Waals surface area contributed by atoms with Crippen LogP contribution in [-0.2, 0) is 16.1 Å². The van der Waals surface area contributed by atoms with Crippen LogP contribution in [0, 0.1) is 11.8 Å². The quantitative estimate of drug-likeness (QED) is 0.492. The minimum absolute atomic E-state index is 0.0333. The molecule has 170 valence electrons. The average Bonchev–Trinajstić information content (AvgIpc) is 3.18. The van der Waals surface area contributed by atoms with Gasteiger partial charge in [0, 0.05) is 18.7 Å². The van der Waals surface area contributed by atoms with Crippen LogP contribution >= 0.6 is 0 Å². The summed E-state index contributed by atoms with van der Waals surface area (Å²) < 4.78 is 5.41. The maximum atomic E-state index is 12.1. The van der Waals surface area contributed by atoms with Crippen LogP contribution in [0.25, 0.3) is 11.1 Å². The van der Waals surface area contributed by atoms with Gasteiger partial charge in [-0.2, -0.15) is 0 Å². The predicted molar refractivity (Wildman–Crippen MR) is 124 cm³/mol. The molecule has 2 amide bonds. The van der Waals surface area contributed by atoms with Crippen LogP contribution in [0.1, 0.15) is 33.1 Å². The van der Waals surface area contributed by atoms with Gasteiger partial charge < -0.3 is 20.5 Å². The topological polar surface area (TPSA) is 118 Å². The molecule has 1 aliphatic carbocycles. The number of rotatable bonds is 6. The van der Waals surface area contributed by atoms with E-state index in [4.69, 9.17) is 9.84 Å². The van der Waals surface area contributed by atoms with E-state index in [2.05, 4.69) is 39.6 Å². The third-order valence-electron chi connectivity index (χ3n) is 5.36. The third-order valence-corrected chi connectivity index (χ3v) is 5.36. The highest BCUT2D eigenvalue weighted by atomic mass is 16.5. The molecule has 0 fully saturated rings. The predicted octanol–water partition coefficient (Wildman–Crippen LogP) is 2.94. The fourth-order valence-electron chi connectivity index (χ4n) is 3.77. The van der Waals surface area contributed by atoms with Crippen molar-refractivity contribution in [1.29, 1.82) is 0 Å². The number of carboxylic acid groups (broad SMARTS) is 1. The summed E-state index contributed by atoms with van der Waals surface area (Å²) in [5.74, 6) is 3.26. The summed E-state index contributed by atoms with van der Waals surface area (Å²) in [6.45, 7) is 0.307. The molecular formula is C26H21N3O5. The number of nitrogens with zero attached hydrogens (tertiary/aromatic N) is 1. The summed E-state index contributed by atoms with van der Waals surface area (Å²) >= 11 is 0. The first-order chi connectivity index (χ1) is 16.5. The Balaban J connectivity index is 1.22. The van der Waals surface area contributed by atoms with E-state index >= 15 is 0 Å². The Kier molecular flexibility index (Phi) is 6.84. The number of amides is 2. The molecule has 0 radical (unpaired) electrons. The number of pyridine rings is 1. The first-order valence-corrected chi connectivity index (χ1v) is 10.6. The highest BCUT2D eigenvalue weighted by Crippen LogP contribution is 2.44. The summed E-state index contributed by atoms with van der Waals surface area (Å²) in [6, 6.07) is 19.1. The zero-order valence-electron chi connectivity index (χ0n) is 18.1. The number of hydrogen-bond donors (Lipinski definition) is 3. The monoisotopic (exact) mass is 455 g/mol. The van der Waals surface area contributed by atoms with Crippen LogP contribution in [-0.4, -0.2) is 41.2 Å². The number of carboxylic acids is 1. The van der Waals surface area contributed by atoms with Gasteiger partial charge >= 0.3 is 12.1 Å². The number of nitrogens with one attached hydrogen (secondary N) is 2. The van der Waals surface area contributed by atoms with Crippen LogP contribution in [0.4, 0.5) is 4.79 Å². The third kappa shape index (κ3) is 5.22. The van der Waals surface area contributed by atoms with Crippen molar-refractivity contribution in [3.05, 3.63) is 89.2 Å². The average molecular weight is 455 g/mol. The molecule has 3 aromatic rings. The second-order valence-electron chi connectivity index (χ2n) is 7.52. The Morgan fingerprint density at radius 2 is 1.62 bits per heavy atom. The molecule has 2 aromatic carbocycles. The SMILES string of the molecule is O=C(C#CCNC(=O)OCC1c2ccccc2-c2ccccc21)NCc1ccc(C(=O)O)nc1. The molecule has 1 aromatic heterocycles. The van der Waals surface area contributed by atoms with E-state index in [1.54, 1.807) is 6.07 Å². The van der Waals surface area contributed by atoms with Gasteiger partial charge in [-0.05, 0) is 39.8 Å². The molecule has 0 spiro atoms. The highest BCUT2D eigenvalue weighted by Gasteiger charge is 2.28. The molecule has 1 aliphatic rings. The molecule has 0 bridgehead atoms. The number of ether oxygens (including phenoxy) is 1. The van der Waals surface area contributed by atoms with Crippen molar-refractivity contribution in [1.82, 2.24) is 15.6 Å². The summed E-state index contributed by atoms with van der Waals surface area (Å²) in [5.41, 5.74) is 5.11. The van der Waals surface area contributed by atoms with Crippen molar-refractivity contribution < 1.29 is 24.2 Å². The molecule has 3 N–H and O–H groups in total. The molecular weight excluding hydrogens is 434 g/mol. The summed E-state index contributed by atoms with van der Waals surface area (Å²) in [4.78, 5) is 38.5. The first kappa shape index (κ1) is 22.6. The molecule has 8 nitrogen and oxygen atoms in total. The van der Waals surface area contributed by atoms with Crippen molar-refractivity contribution >= 4 is 18.0 Å². The van der Waals surface area contributed by atoms with Crippen LogP contribution in [0.15, 0.2) is 66.9 Å². The van der Waals surface area contributed by atoms with Crippen molar-refractivity contribution in [2.24, 2.45) is 0 Å². The number of carbonyl (C=O) groups is 3. The van der Waals surface area contributed by atoms with Crippen LogP contribution < -0.4 is 10.6 Å². The molecule has 34 heavy (non-hydrogen) atoms.